The molecule has 1 amide bonds. The van der Waals surface area contributed by atoms with E-state index in [1.54, 1.807) is 0 Å². The van der Waals surface area contributed by atoms with Gasteiger partial charge in [-0.3, -0.25) is 9.69 Å². The van der Waals surface area contributed by atoms with E-state index in [1.807, 2.05) is 7.05 Å². The van der Waals surface area contributed by atoms with Crippen LogP contribution in [0.2, 0.25) is 0 Å². The molecule has 0 spiro atoms. The van der Waals surface area contributed by atoms with Gasteiger partial charge in [-0.1, -0.05) is 6.92 Å². The first kappa shape index (κ1) is 12.8. The van der Waals surface area contributed by atoms with Gasteiger partial charge in [-0.15, -0.1) is 0 Å². The summed E-state index contributed by atoms with van der Waals surface area (Å²) in [4.78, 5) is 18.8. The summed E-state index contributed by atoms with van der Waals surface area (Å²) in [5, 5.41) is 0. The van der Waals surface area contributed by atoms with E-state index < -0.39 is 0 Å². The highest BCUT2D eigenvalue weighted by molar-refractivity contribution is 5.79. The van der Waals surface area contributed by atoms with E-state index in [9.17, 15) is 4.79 Å². The number of rotatable bonds is 3. The molecule has 0 saturated carbocycles. The third-order valence-electron chi connectivity index (χ3n) is 3.99. The molecule has 0 aromatic carbocycles. The summed E-state index contributed by atoms with van der Waals surface area (Å²) in [6.45, 7) is 8.33. The van der Waals surface area contributed by atoms with E-state index in [2.05, 4.69) is 21.6 Å². The number of likely N-dealkylation sites (tertiary alicyclic amines) is 1. The van der Waals surface area contributed by atoms with Crippen molar-refractivity contribution in [2.45, 2.75) is 32.2 Å². The van der Waals surface area contributed by atoms with Crippen molar-refractivity contribution in [3.8, 4) is 0 Å². The number of piperazine rings is 1. The predicted molar refractivity (Wildman–Crippen MR) is 69.0 cm³/mol. The summed E-state index contributed by atoms with van der Waals surface area (Å²) in [6, 6.07) is 0.504. The molecular formula is C13H25N3O. The lowest BCUT2D eigenvalue weighted by molar-refractivity contribution is -0.139. The molecule has 2 fully saturated rings. The zero-order valence-electron chi connectivity index (χ0n) is 11.2. The summed E-state index contributed by atoms with van der Waals surface area (Å²) in [5.74, 6) is 0.327. The van der Waals surface area contributed by atoms with Crippen LogP contribution in [0.25, 0.3) is 0 Å². The largest absolute Gasteiger partial charge is 0.337 e. The molecule has 0 unspecified atom stereocenters. The van der Waals surface area contributed by atoms with E-state index in [0.717, 1.165) is 39.0 Å². The highest BCUT2D eigenvalue weighted by Gasteiger charge is 2.30. The minimum absolute atomic E-state index is 0.327. The highest BCUT2D eigenvalue weighted by atomic mass is 16.2. The van der Waals surface area contributed by atoms with Crippen molar-refractivity contribution < 1.29 is 4.79 Å². The first-order chi connectivity index (χ1) is 8.20. The Kier molecular flexibility index (Phi) is 4.40. The molecule has 2 aliphatic heterocycles. The maximum atomic E-state index is 12.0. The molecule has 4 nitrogen and oxygen atoms in total. The van der Waals surface area contributed by atoms with E-state index in [1.165, 1.54) is 13.0 Å². The first-order valence-electron chi connectivity index (χ1n) is 6.91. The zero-order valence-corrected chi connectivity index (χ0v) is 11.2. The fraction of sp³-hybridized carbons (Fsp3) is 0.923. The van der Waals surface area contributed by atoms with Crippen molar-refractivity contribution >= 4 is 5.91 Å². The topological polar surface area (TPSA) is 26.8 Å². The Balaban J connectivity index is 1.82. The second kappa shape index (κ2) is 5.83. The molecule has 0 atom stereocenters. The molecule has 2 aliphatic rings. The number of hydrogen-bond acceptors (Lipinski definition) is 3. The van der Waals surface area contributed by atoms with E-state index in [0.29, 0.717) is 18.5 Å². The molecule has 2 saturated heterocycles. The normalized spacial score (nSPS) is 25.5. The molecule has 4 heteroatoms. The summed E-state index contributed by atoms with van der Waals surface area (Å²) < 4.78 is 0. The van der Waals surface area contributed by atoms with Gasteiger partial charge in [-0.2, -0.15) is 0 Å². The highest BCUT2D eigenvalue weighted by Crippen LogP contribution is 2.18. The average Bonchev–Trinajstić information content (AvgIpc) is 2.31. The lowest BCUT2D eigenvalue weighted by atomic mass is 10.0. The van der Waals surface area contributed by atoms with Gasteiger partial charge in [0, 0.05) is 32.2 Å². The monoisotopic (exact) mass is 239 g/mol. The maximum Gasteiger partial charge on any atom is 0.237 e. The van der Waals surface area contributed by atoms with Crippen LogP contribution >= 0.6 is 0 Å². The predicted octanol–water partition coefficient (Wildman–Crippen LogP) is 0.635. The van der Waals surface area contributed by atoms with Crippen molar-refractivity contribution in [3.05, 3.63) is 0 Å². The minimum atomic E-state index is 0.327. The van der Waals surface area contributed by atoms with Crippen LogP contribution in [0.1, 0.15) is 26.2 Å². The van der Waals surface area contributed by atoms with Crippen LogP contribution in [0, 0.1) is 0 Å². The summed E-state index contributed by atoms with van der Waals surface area (Å²) in [6.07, 6.45) is 3.56. The summed E-state index contributed by atoms with van der Waals surface area (Å²) >= 11 is 0. The Labute approximate surface area is 105 Å². The summed E-state index contributed by atoms with van der Waals surface area (Å²) in [7, 11) is 2.03. The SMILES string of the molecule is CCCN1CCC(N2CCN(C)CC2=O)CC1. The van der Waals surface area contributed by atoms with Gasteiger partial charge in [0.25, 0.3) is 0 Å². The molecule has 0 N–H and O–H groups in total. The Morgan fingerprint density at radius 2 is 1.88 bits per heavy atom. The van der Waals surface area contributed by atoms with Gasteiger partial charge in [0.1, 0.15) is 0 Å². The molecule has 0 bridgehead atoms. The molecule has 0 aromatic heterocycles. The molecule has 98 valence electrons. The number of nitrogens with zero attached hydrogens (tertiary/aromatic N) is 3. The quantitative estimate of drug-likeness (QED) is 0.723. The zero-order chi connectivity index (χ0) is 12.3. The van der Waals surface area contributed by atoms with E-state index >= 15 is 0 Å². The van der Waals surface area contributed by atoms with E-state index in [-0.39, 0.29) is 0 Å². The Hall–Kier alpha value is -0.610. The van der Waals surface area contributed by atoms with Crippen LogP contribution < -0.4 is 0 Å². The maximum absolute atomic E-state index is 12.0. The number of hydrogen-bond donors (Lipinski definition) is 0. The second-order valence-corrected chi connectivity index (χ2v) is 5.40. The standard InChI is InChI=1S/C13H25N3O/c1-3-6-15-7-4-12(5-8-15)16-10-9-14(2)11-13(16)17/h12H,3-11H2,1-2H3. The van der Waals surface area contributed by atoms with Crippen molar-refractivity contribution in [2.24, 2.45) is 0 Å². The van der Waals surface area contributed by atoms with Crippen LogP contribution in [-0.4, -0.2) is 73.0 Å². The first-order valence-corrected chi connectivity index (χ1v) is 6.91. The Morgan fingerprint density at radius 3 is 2.47 bits per heavy atom. The smallest absolute Gasteiger partial charge is 0.237 e. The lowest BCUT2D eigenvalue weighted by Gasteiger charge is -2.41. The van der Waals surface area contributed by atoms with Gasteiger partial charge in [-0.05, 0) is 32.9 Å². The van der Waals surface area contributed by atoms with Gasteiger partial charge in [-0.25, -0.2) is 0 Å². The van der Waals surface area contributed by atoms with Crippen LogP contribution in [0.4, 0.5) is 0 Å². The Bertz CT molecular complexity index is 261. The van der Waals surface area contributed by atoms with Gasteiger partial charge < -0.3 is 9.80 Å². The molecular weight excluding hydrogens is 214 g/mol. The van der Waals surface area contributed by atoms with E-state index in [4.69, 9.17) is 0 Å². The number of amides is 1. The average molecular weight is 239 g/mol. The summed E-state index contributed by atoms with van der Waals surface area (Å²) in [5.41, 5.74) is 0. The molecule has 2 heterocycles. The molecule has 2 rings (SSSR count). The van der Waals surface area contributed by atoms with Crippen molar-refractivity contribution in [1.29, 1.82) is 0 Å². The van der Waals surface area contributed by atoms with Crippen LogP contribution in [0.15, 0.2) is 0 Å². The fourth-order valence-electron chi connectivity index (χ4n) is 2.96. The Morgan fingerprint density at radius 1 is 1.18 bits per heavy atom. The van der Waals surface area contributed by atoms with Gasteiger partial charge in [0.2, 0.25) is 5.91 Å². The molecule has 0 aliphatic carbocycles. The number of piperidine rings is 1. The number of likely N-dealkylation sites (N-methyl/N-ethyl adjacent to an activating group) is 1. The molecule has 0 aromatic rings. The minimum Gasteiger partial charge on any atom is -0.337 e. The van der Waals surface area contributed by atoms with Crippen molar-refractivity contribution in [1.82, 2.24) is 14.7 Å². The number of carbonyl (C=O) groups is 1. The second-order valence-electron chi connectivity index (χ2n) is 5.40. The van der Waals surface area contributed by atoms with Crippen LogP contribution in [0.3, 0.4) is 0 Å². The number of carbonyl (C=O) groups excluding carboxylic acids is 1. The van der Waals surface area contributed by atoms with Gasteiger partial charge in [0.05, 0.1) is 6.54 Å². The molecule has 0 radical (unpaired) electrons. The van der Waals surface area contributed by atoms with Crippen LogP contribution in [0.5, 0.6) is 0 Å². The third kappa shape index (κ3) is 3.19. The fourth-order valence-corrected chi connectivity index (χ4v) is 2.96. The van der Waals surface area contributed by atoms with Gasteiger partial charge >= 0.3 is 0 Å². The van der Waals surface area contributed by atoms with Crippen LogP contribution in [-0.2, 0) is 4.79 Å². The third-order valence-corrected chi connectivity index (χ3v) is 3.99. The molecule has 17 heavy (non-hydrogen) atoms. The van der Waals surface area contributed by atoms with Gasteiger partial charge in [0.15, 0.2) is 0 Å². The van der Waals surface area contributed by atoms with Crippen molar-refractivity contribution in [2.75, 3.05) is 46.3 Å². The van der Waals surface area contributed by atoms with Crippen molar-refractivity contribution in [3.63, 3.8) is 0 Å². The lowest BCUT2D eigenvalue weighted by Crippen LogP contribution is -2.55.